The molecule has 1 N–H and O–H groups in total. The van der Waals surface area contributed by atoms with Crippen LogP contribution >= 0.6 is 0 Å². The number of fused-ring (bicyclic) bond motifs is 1. The summed E-state index contributed by atoms with van der Waals surface area (Å²) in [7, 11) is 3.62. The Balaban J connectivity index is 1.96. The molecule has 1 aromatic carbocycles. The van der Waals surface area contributed by atoms with Crippen molar-refractivity contribution >= 4 is 11.6 Å². The molecule has 3 aliphatic rings. The van der Waals surface area contributed by atoms with Gasteiger partial charge in [-0.15, -0.1) is 0 Å². The summed E-state index contributed by atoms with van der Waals surface area (Å²) in [4.78, 5) is 26.6. The summed E-state index contributed by atoms with van der Waals surface area (Å²) in [5.41, 5.74) is 1.51. The minimum absolute atomic E-state index is 0.0944. The Morgan fingerprint density at radius 1 is 1.26 bits per heavy atom. The summed E-state index contributed by atoms with van der Waals surface area (Å²) >= 11 is 0. The van der Waals surface area contributed by atoms with E-state index in [-0.39, 0.29) is 35.7 Å². The third-order valence-electron chi connectivity index (χ3n) is 6.22. The number of methoxy groups -OCH3 is 1. The van der Waals surface area contributed by atoms with Crippen LogP contribution in [0, 0.1) is 5.92 Å². The number of carbonyl (C=O) groups is 2. The van der Waals surface area contributed by atoms with Crippen LogP contribution in [0.3, 0.4) is 0 Å². The van der Waals surface area contributed by atoms with Gasteiger partial charge in [-0.2, -0.15) is 0 Å². The maximum absolute atomic E-state index is 12.2. The molecule has 0 amide bonds. The second kappa shape index (κ2) is 4.81. The highest BCUT2D eigenvalue weighted by atomic mass is 16.5. The summed E-state index contributed by atoms with van der Waals surface area (Å²) in [6, 6.07) is 4.04. The van der Waals surface area contributed by atoms with E-state index in [0.717, 1.165) is 30.5 Å². The number of likely N-dealkylation sites (tertiary alicyclic amines) is 1. The second-order valence-corrected chi connectivity index (χ2v) is 7.14. The Morgan fingerprint density at radius 2 is 2.04 bits per heavy atom. The van der Waals surface area contributed by atoms with Crippen LogP contribution in [-0.4, -0.2) is 48.3 Å². The minimum Gasteiger partial charge on any atom is -0.504 e. The number of ketones is 2. The van der Waals surface area contributed by atoms with Gasteiger partial charge in [0.1, 0.15) is 0 Å². The van der Waals surface area contributed by atoms with Crippen molar-refractivity contribution in [1.29, 1.82) is 0 Å². The lowest BCUT2D eigenvalue weighted by molar-refractivity contribution is -0.144. The molecule has 1 aliphatic heterocycles. The zero-order valence-electron chi connectivity index (χ0n) is 13.5. The topological polar surface area (TPSA) is 66.8 Å². The van der Waals surface area contributed by atoms with Gasteiger partial charge >= 0.3 is 0 Å². The number of hydrogen-bond acceptors (Lipinski definition) is 5. The number of piperidine rings is 1. The van der Waals surface area contributed by atoms with Crippen LogP contribution in [0.2, 0.25) is 0 Å². The molecule has 4 rings (SSSR count). The molecule has 1 aromatic rings. The van der Waals surface area contributed by atoms with E-state index < -0.39 is 5.41 Å². The average molecular weight is 315 g/mol. The normalized spacial score (nSPS) is 33.1. The van der Waals surface area contributed by atoms with Crippen LogP contribution in [0.1, 0.15) is 30.4 Å². The molecule has 2 fully saturated rings. The Hall–Kier alpha value is -1.88. The van der Waals surface area contributed by atoms with Gasteiger partial charge in [-0.3, -0.25) is 9.59 Å². The van der Waals surface area contributed by atoms with E-state index in [1.54, 1.807) is 6.07 Å². The van der Waals surface area contributed by atoms with Crippen LogP contribution in [0.15, 0.2) is 12.1 Å². The number of likely N-dealkylation sites (N-methyl/N-ethyl adjacent to an activating group) is 1. The zero-order chi connectivity index (χ0) is 16.4. The molecule has 2 aliphatic carbocycles. The number of hydrogen-bond donors (Lipinski definition) is 1. The van der Waals surface area contributed by atoms with Gasteiger partial charge < -0.3 is 14.7 Å². The van der Waals surface area contributed by atoms with Gasteiger partial charge in [0.05, 0.1) is 7.11 Å². The predicted molar refractivity (Wildman–Crippen MR) is 83.8 cm³/mol. The van der Waals surface area contributed by atoms with Crippen molar-refractivity contribution in [3.63, 3.8) is 0 Å². The molecule has 122 valence electrons. The lowest BCUT2D eigenvalue weighted by Crippen LogP contribution is -2.62. The number of Topliss-reactive ketones (excluding diaryl/α,β-unsaturated/α-hetero) is 2. The van der Waals surface area contributed by atoms with Crippen LogP contribution in [-0.2, 0) is 21.4 Å². The highest BCUT2D eigenvalue weighted by molar-refractivity contribution is 6.38. The fourth-order valence-electron chi connectivity index (χ4n) is 5.08. The van der Waals surface area contributed by atoms with Crippen LogP contribution < -0.4 is 4.74 Å². The molecule has 0 radical (unpaired) electrons. The van der Waals surface area contributed by atoms with Crippen LogP contribution in [0.5, 0.6) is 11.5 Å². The molecule has 0 spiro atoms. The van der Waals surface area contributed by atoms with Gasteiger partial charge in [-0.25, -0.2) is 0 Å². The first kappa shape index (κ1) is 14.7. The molecule has 0 unspecified atom stereocenters. The van der Waals surface area contributed by atoms with Crippen molar-refractivity contribution in [2.75, 3.05) is 20.7 Å². The van der Waals surface area contributed by atoms with Gasteiger partial charge in [-0.1, -0.05) is 6.07 Å². The number of benzene rings is 1. The first-order chi connectivity index (χ1) is 11.0. The maximum Gasteiger partial charge on any atom is 0.199 e. The highest BCUT2D eigenvalue weighted by Gasteiger charge is 2.58. The number of rotatable bonds is 1. The standard InChI is InChI=1S/C18H21NO4/c1-19-6-5-18-9-14(21)13(20)8-11(18)12(19)7-10-3-4-15(23-2)17(22)16(10)18/h3-4,11-12,22H,5-9H2,1-2H3/t11-,12-,18+/m0/s1. The number of carbonyl (C=O) groups excluding carboxylic acids is 2. The van der Waals surface area contributed by atoms with Crippen LogP contribution in [0.4, 0.5) is 0 Å². The summed E-state index contributed by atoms with van der Waals surface area (Å²) in [6.07, 6.45) is 2.10. The van der Waals surface area contributed by atoms with E-state index in [0.29, 0.717) is 12.2 Å². The van der Waals surface area contributed by atoms with Gasteiger partial charge in [0.2, 0.25) is 0 Å². The monoisotopic (exact) mass is 315 g/mol. The Bertz CT molecular complexity index is 713. The van der Waals surface area contributed by atoms with Crippen molar-refractivity contribution in [3.05, 3.63) is 23.3 Å². The van der Waals surface area contributed by atoms with E-state index in [1.807, 2.05) is 6.07 Å². The fraction of sp³-hybridized carbons (Fsp3) is 0.556. The van der Waals surface area contributed by atoms with E-state index >= 15 is 0 Å². The lowest BCUT2D eigenvalue weighted by Gasteiger charge is -2.57. The Labute approximate surface area is 135 Å². The summed E-state index contributed by atoms with van der Waals surface area (Å²) < 4.78 is 5.28. The minimum atomic E-state index is -0.422. The summed E-state index contributed by atoms with van der Waals surface area (Å²) in [5, 5.41) is 10.8. The molecule has 5 heteroatoms. The number of nitrogens with zero attached hydrogens (tertiary/aromatic N) is 1. The van der Waals surface area contributed by atoms with E-state index in [9.17, 15) is 14.7 Å². The Kier molecular flexibility index (Phi) is 3.07. The molecule has 0 aromatic heterocycles. The average Bonchev–Trinajstić information content (AvgIpc) is 2.52. The van der Waals surface area contributed by atoms with Crippen molar-refractivity contribution < 1.29 is 19.4 Å². The first-order valence-corrected chi connectivity index (χ1v) is 8.13. The van der Waals surface area contributed by atoms with E-state index in [1.165, 1.54) is 7.11 Å². The third-order valence-corrected chi connectivity index (χ3v) is 6.22. The molecular weight excluding hydrogens is 294 g/mol. The largest absolute Gasteiger partial charge is 0.504 e. The molecule has 1 saturated heterocycles. The summed E-state index contributed by atoms with van der Waals surface area (Å²) in [5.74, 6) is 0.145. The molecule has 23 heavy (non-hydrogen) atoms. The zero-order valence-corrected chi connectivity index (χ0v) is 13.5. The van der Waals surface area contributed by atoms with Crippen molar-refractivity contribution in [2.24, 2.45) is 5.92 Å². The van der Waals surface area contributed by atoms with Crippen LogP contribution in [0.25, 0.3) is 0 Å². The van der Waals surface area contributed by atoms with Crippen molar-refractivity contribution in [1.82, 2.24) is 4.90 Å². The molecular formula is C18H21NO4. The quantitative estimate of drug-likeness (QED) is 0.795. The molecule has 5 nitrogen and oxygen atoms in total. The maximum atomic E-state index is 12.2. The number of phenols is 1. The van der Waals surface area contributed by atoms with Gasteiger partial charge in [0, 0.05) is 29.9 Å². The number of aromatic hydroxyl groups is 1. The van der Waals surface area contributed by atoms with Gasteiger partial charge in [0.15, 0.2) is 23.1 Å². The fourth-order valence-corrected chi connectivity index (χ4v) is 5.08. The first-order valence-electron chi connectivity index (χ1n) is 8.13. The van der Waals surface area contributed by atoms with Crippen molar-refractivity contribution in [2.45, 2.75) is 37.1 Å². The molecule has 2 bridgehead atoms. The second-order valence-electron chi connectivity index (χ2n) is 7.14. The van der Waals surface area contributed by atoms with E-state index in [4.69, 9.17) is 4.74 Å². The molecule has 3 atom stereocenters. The van der Waals surface area contributed by atoms with E-state index in [2.05, 4.69) is 11.9 Å². The SMILES string of the molecule is COc1ccc2c(c1O)[C@@]13CCN(C)[C@@H](C2)[C@@H]1CC(=O)C(=O)C3. The summed E-state index contributed by atoms with van der Waals surface area (Å²) in [6.45, 7) is 0.874. The molecule has 1 heterocycles. The van der Waals surface area contributed by atoms with Crippen molar-refractivity contribution in [3.8, 4) is 11.5 Å². The third kappa shape index (κ3) is 1.83. The van der Waals surface area contributed by atoms with Gasteiger partial charge in [-0.05, 0) is 44.0 Å². The Morgan fingerprint density at radius 3 is 2.78 bits per heavy atom. The predicted octanol–water partition coefficient (Wildman–Crippen LogP) is 1.45. The van der Waals surface area contributed by atoms with Gasteiger partial charge in [0.25, 0.3) is 0 Å². The number of ether oxygens (including phenoxy) is 1. The highest BCUT2D eigenvalue weighted by Crippen LogP contribution is 2.57. The smallest absolute Gasteiger partial charge is 0.199 e. The molecule has 1 saturated carbocycles. The number of phenolic OH excluding ortho intramolecular Hbond substituents is 1. The lowest BCUT2D eigenvalue weighted by atomic mass is 9.51.